The molecule has 0 N–H and O–H groups in total. The Morgan fingerprint density at radius 2 is 1.83 bits per heavy atom. The fraction of sp³-hybridized carbons (Fsp3) is 0.810. The maximum Gasteiger partial charge on any atom is 0.168 e. The maximum absolute atomic E-state index is 5.95. The minimum Gasteiger partial charge on any atom is -0.348 e. The van der Waals surface area contributed by atoms with E-state index in [1.165, 1.54) is 25.7 Å². The highest BCUT2D eigenvalue weighted by Gasteiger charge is 2.61. The van der Waals surface area contributed by atoms with Gasteiger partial charge in [-0.2, -0.15) is 0 Å². The zero-order valence-electron chi connectivity index (χ0n) is 14.8. The third-order valence-corrected chi connectivity index (χ3v) is 8.15. The Kier molecular flexibility index (Phi) is 3.03. The molecular formula is C21H30O2. The van der Waals surface area contributed by atoms with Crippen molar-refractivity contribution in [3.8, 4) is 0 Å². The molecule has 2 nitrogen and oxygen atoms in total. The highest BCUT2D eigenvalue weighted by atomic mass is 16.7. The molecule has 3 saturated carbocycles. The minimum absolute atomic E-state index is 0.308. The maximum atomic E-state index is 5.95. The summed E-state index contributed by atoms with van der Waals surface area (Å²) < 4.78 is 11.9. The summed E-state index contributed by atoms with van der Waals surface area (Å²) in [5, 5.41) is 0. The van der Waals surface area contributed by atoms with Crippen molar-refractivity contribution < 1.29 is 9.47 Å². The first-order valence-electron chi connectivity index (χ1n) is 9.70. The standard InChI is InChI=1S/C21H30O2/c1-13-14-4-5-15(10-14)17(13)12-19-18-11-16(6-7-20(18,19)2)21(3)22-8-9-23-21/h4-5,12-18H,6-11H2,1-3H3/b19-12+/t13-,14-,15+,16?,17-,18+,20+/m1/s1. The molecule has 1 heterocycles. The van der Waals surface area contributed by atoms with E-state index in [4.69, 9.17) is 9.47 Å². The average Bonchev–Trinajstić information content (AvgIpc) is 2.99. The van der Waals surface area contributed by atoms with Gasteiger partial charge in [-0.15, -0.1) is 0 Å². The molecule has 0 spiro atoms. The van der Waals surface area contributed by atoms with Gasteiger partial charge in [0.05, 0.1) is 13.2 Å². The summed E-state index contributed by atoms with van der Waals surface area (Å²) in [6, 6.07) is 0. The molecule has 0 aromatic heterocycles. The van der Waals surface area contributed by atoms with Gasteiger partial charge in [-0.25, -0.2) is 0 Å². The van der Waals surface area contributed by atoms with E-state index < -0.39 is 0 Å². The van der Waals surface area contributed by atoms with Gasteiger partial charge in [0.25, 0.3) is 0 Å². The van der Waals surface area contributed by atoms with Crippen molar-refractivity contribution in [2.24, 2.45) is 40.9 Å². The summed E-state index contributed by atoms with van der Waals surface area (Å²) >= 11 is 0. The van der Waals surface area contributed by atoms with Crippen LogP contribution in [0.1, 0.15) is 46.5 Å². The quantitative estimate of drug-likeness (QED) is 0.695. The lowest BCUT2D eigenvalue weighted by molar-refractivity contribution is -0.189. The number of rotatable bonds is 2. The third kappa shape index (κ3) is 2.00. The lowest BCUT2D eigenvalue weighted by Crippen LogP contribution is -2.38. The van der Waals surface area contributed by atoms with Crippen molar-refractivity contribution in [2.75, 3.05) is 13.2 Å². The molecule has 0 radical (unpaired) electrons. The smallest absolute Gasteiger partial charge is 0.168 e. The molecule has 4 aliphatic carbocycles. The van der Waals surface area contributed by atoms with Gasteiger partial charge < -0.3 is 9.47 Å². The van der Waals surface area contributed by atoms with Crippen LogP contribution >= 0.6 is 0 Å². The molecule has 5 aliphatic rings. The summed E-state index contributed by atoms with van der Waals surface area (Å²) in [5.41, 5.74) is 2.27. The van der Waals surface area contributed by atoms with Crippen molar-refractivity contribution >= 4 is 0 Å². The van der Waals surface area contributed by atoms with Gasteiger partial charge in [-0.3, -0.25) is 0 Å². The summed E-state index contributed by atoms with van der Waals surface area (Å²) in [6.45, 7) is 8.68. The summed E-state index contributed by atoms with van der Waals surface area (Å²) in [6.07, 6.45) is 12.9. The second-order valence-electron chi connectivity index (χ2n) is 9.16. The van der Waals surface area contributed by atoms with E-state index in [1.807, 2.05) is 0 Å². The predicted molar refractivity (Wildman–Crippen MR) is 90.7 cm³/mol. The minimum atomic E-state index is -0.308. The summed E-state index contributed by atoms with van der Waals surface area (Å²) in [7, 11) is 0. The van der Waals surface area contributed by atoms with Crippen LogP contribution in [-0.2, 0) is 9.47 Å². The fourth-order valence-corrected chi connectivity index (χ4v) is 6.32. The van der Waals surface area contributed by atoms with Crippen LogP contribution in [0.2, 0.25) is 0 Å². The van der Waals surface area contributed by atoms with E-state index in [0.717, 1.165) is 42.8 Å². The lowest BCUT2D eigenvalue weighted by atomic mass is 9.79. The van der Waals surface area contributed by atoms with Crippen LogP contribution in [0.15, 0.2) is 23.8 Å². The van der Waals surface area contributed by atoms with Crippen molar-refractivity contribution in [3.05, 3.63) is 23.8 Å². The first-order valence-corrected chi connectivity index (χ1v) is 9.70. The number of hydrogen-bond donors (Lipinski definition) is 0. The second kappa shape index (κ2) is 4.73. The highest BCUT2D eigenvalue weighted by Crippen LogP contribution is 2.69. The predicted octanol–water partition coefficient (Wildman–Crippen LogP) is 4.57. The van der Waals surface area contributed by atoms with Gasteiger partial charge in [-0.05, 0) is 67.6 Å². The van der Waals surface area contributed by atoms with Crippen LogP contribution in [0.3, 0.4) is 0 Å². The van der Waals surface area contributed by atoms with Crippen LogP contribution < -0.4 is 0 Å². The van der Waals surface area contributed by atoms with Crippen LogP contribution in [0.4, 0.5) is 0 Å². The molecule has 7 atom stereocenters. The normalized spacial score (nSPS) is 54.7. The SMILES string of the molecule is C[C@H]1[C@@H](/C=C2\[C@@H]3CC(C4(C)OCCO4)CC[C@]23C)[C@H]2C=C[C@@H]1C2. The molecule has 5 rings (SSSR count). The van der Waals surface area contributed by atoms with Crippen LogP contribution in [0.25, 0.3) is 0 Å². The molecule has 23 heavy (non-hydrogen) atoms. The van der Waals surface area contributed by atoms with Gasteiger partial charge >= 0.3 is 0 Å². The molecule has 2 heteroatoms. The van der Waals surface area contributed by atoms with Gasteiger partial charge in [0.2, 0.25) is 0 Å². The number of allylic oxidation sites excluding steroid dienone is 4. The van der Waals surface area contributed by atoms with E-state index in [-0.39, 0.29) is 5.79 Å². The molecule has 1 saturated heterocycles. The molecule has 1 unspecified atom stereocenters. The molecular weight excluding hydrogens is 284 g/mol. The third-order valence-electron chi connectivity index (χ3n) is 8.15. The molecule has 0 amide bonds. The Bertz CT molecular complexity index is 570. The largest absolute Gasteiger partial charge is 0.348 e. The van der Waals surface area contributed by atoms with Crippen molar-refractivity contribution in [3.63, 3.8) is 0 Å². The monoisotopic (exact) mass is 314 g/mol. The second-order valence-corrected chi connectivity index (χ2v) is 9.16. The van der Waals surface area contributed by atoms with E-state index in [1.54, 1.807) is 5.57 Å². The van der Waals surface area contributed by atoms with E-state index in [9.17, 15) is 0 Å². The number of fused-ring (bicyclic) bond motifs is 3. The Balaban J connectivity index is 1.34. The van der Waals surface area contributed by atoms with Crippen molar-refractivity contribution in [1.29, 1.82) is 0 Å². The van der Waals surface area contributed by atoms with Gasteiger partial charge in [0.15, 0.2) is 5.79 Å². The first-order chi connectivity index (χ1) is 11.0. The van der Waals surface area contributed by atoms with Crippen LogP contribution in [0.5, 0.6) is 0 Å². The Labute approximate surface area is 140 Å². The Hall–Kier alpha value is -0.600. The zero-order valence-corrected chi connectivity index (χ0v) is 14.8. The van der Waals surface area contributed by atoms with Crippen molar-refractivity contribution in [2.45, 2.75) is 52.2 Å². The van der Waals surface area contributed by atoms with Crippen LogP contribution in [-0.4, -0.2) is 19.0 Å². The fourth-order valence-electron chi connectivity index (χ4n) is 6.32. The molecule has 0 aromatic carbocycles. The number of hydrogen-bond acceptors (Lipinski definition) is 2. The molecule has 2 bridgehead atoms. The van der Waals surface area contributed by atoms with Crippen LogP contribution in [0, 0.1) is 40.9 Å². The summed E-state index contributed by atoms with van der Waals surface area (Å²) in [4.78, 5) is 0. The lowest BCUT2D eigenvalue weighted by Gasteiger charge is -2.36. The molecule has 4 fully saturated rings. The zero-order chi connectivity index (χ0) is 15.8. The van der Waals surface area contributed by atoms with Crippen molar-refractivity contribution in [1.82, 2.24) is 0 Å². The molecule has 0 aromatic rings. The number of ether oxygens (including phenoxy) is 2. The Morgan fingerprint density at radius 3 is 2.52 bits per heavy atom. The highest BCUT2D eigenvalue weighted by molar-refractivity contribution is 5.40. The first kappa shape index (κ1) is 14.7. The van der Waals surface area contributed by atoms with Gasteiger partial charge in [0.1, 0.15) is 0 Å². The molecule has 126 valence electrons. The Morgan fingerprint density at radius 1 is 1.09 bits per heavy atom. The van der Waals surface area contributed by atoms with Gasteiger partial charge in [-0.1, -0.05) is 37.6 Å². The average molecular weight is 314 g/mol. The van der Waals surface area contributed by atoms with E-state index >= 15 is 0 Å². The van der Waals surface area contributed by atoms with E-state index in [0.29, 0.717) is 11.3 Å². The van der Waals surface area contributed by atoms with Gasteiger partial charge in [0, 0.05) is 5.92 Å². The topological polar surface area (TPSA) is 18.5 Å². The van der Waals surface area contributed by atoms with E-state index in [2.05, 4.69) is 39.0 Å². The molecule has 1 aliphatic heterocycles. The summed E-state index contributed by atoms with van der Waals surface area (Å²) in [5.74, 6) is 4.38.